The van der Waals surface area contributed by atoms with E-state index >= 15 is 0 Å². The molecule has 0 bridgehead atoms. The van der Waals surface area contributed by atoms with Gasteiger partial charge < -0.3 is 10.4 Å². The minimum Gasteiger partial charge on any atom is -0.394 e. The largest absolute Gasteiger partial charge is 0.394 e. The second kappa shape index (κ2) is 5.79. The Kier molecular flexibility index (Phi) is 4.94. The summed E-state index contributed by atoms with van der Waals surface area (Å²) in [5.41, 5.74) is 0.202. The summed E-state index contributed by atoms with van der Waals surface area (Å²) < 4.78 is 13.4. The summed E-state index contributed by atoms with van der Waals surface area (Å²) in [6.45, 7) is 1.49. The van der Waals surface area contributed by atoms with Gasteiger partial charge in [-0.25, -0.2) is 4.39 Å². The molecule has 0 saturated heterocycles. The van der Waals surface area contributed by atoms with E-state index in [1.165, 1.54) is 6.07 Å². The maximum absolute atomic E-state index is 13.1. The quantitative estimate of drug-likeness (QED) is 0.644. The van der Waals surface area contributed by atoms with E-state index in [2.05, 4.69) is 5.32 Å². The Morgan fingerprint density at radius 2 is 2.31 bits per heavy atom. The molecule has 0 unspecified atom stereocenters. The number of aliphatic hydroxyl groups is 1. The highest BCUT2D eigenvalue weighted by Gasteiger charge is 2.15. The van der Waals surface area contributed by atoms with Gasteiger partial charge >= 0.3 is 0 Å². The van der Waals surface area contributed by atoms with Crippen LogP contribution in [0.25, 0.3) is 0 Å². The molecule has 2 N–H and O–H groups in total. The van der Waals surface area contributed by atoms with Crippen LogP contribution in [0.5, 0.6) is 0 Å². The van der Waals surface area contributed by atoms with Gasteiger partial charge in [0.15, 0.2) is 0 Å². The number of aliphatic hydroxyl groups excluding tert-OH is 1. The van der Waals surface area contributed by atoms with Crippen LogP contribution in [-0.4, -0.2) is 23.7 Å². The number of carbonyl (C=O) groups is 1. The normalized spacial score (nSPS) is 12.3. The van der Waals surface area contributed by atoms with Gasteiger partial charge in [0.05, 0.1) is 17.2 Å². The van der Waals surface area contributed by atoms with Crippen LogP contribution in [0.15, 0.2) is 12.1 Å². The summed E-state index contributed by atoms with van der Waals surface area (Å²) in [4.78, 5) is 11.7. The first kappa shape index (κ1) is 13.7. The van der Waals surface area contributed by atoms with Crippen LogP contribution in [0, 0.1) is 9.39 Å². The van der Waals surface area contributed by atoms with Gasteiger partial charge in [0, 0.05) is 9.61 Å². The summed E-state index contributed by atoms with van der Waals surface area (Å²) in [6, 6.07) is 2.10. The standard InChI is InChI=1S/C10H10ClFINO2/c1-5(4-15)14-10(16)6-2-9(13)8(12)3-7(6)11/h2-3,5,15H,4H2,1H3,(H,14,16)/t5-/m1/s1. The molecule has 1 aromatic rings. The molecule has 0 heterocycles. The fourth-order valence-electron chi connectivity index (χ4n) is 1.04. The van der Waals surface area contributed by atoms with E-state index in [-0.39, 0.29) is 23.2 Å². The van der Waals surface area contributed by atoms with Crippen molar-refractivity contribution in [3.05, 3.63) is 32.1 Å². The molecule has 6 heteroatoms. The third kappa shape index (κ3) is 3.29. The van der Waals surface area contributed by atoms with Crippen LogP contribution in [-0.2, 0) is 0 Å². The van der Waals surface area contributed by atoms with E-state index in [0.717, 1.165) is 6.07 Å². The number of hydrogen-bond acceptors (Lipinski definition) is 2. The lowest BCUT2D eigenvalue weighted by Crippen LogP contribution is -2.35. The molecule has 0 aliphatic carbocycles. The lowest BCUT2D eigenvalue weighted by Gasteiger charge is -2.12. The number of amides is 1. The van der Waals surface area contributed by atoms with E-state index in [9.17, 15) is 9.18 Å². The van der Waals surface area contributed by atoms with Crippen LogP contribution in [0.1, 0.15) is 17.3 Å². The van der Waals surface area contributed by atoms with E-state index in [0.29, 0.717) is 3.57 Å². The zero-order chi connectivity index (χ0) is 12.3. The number of nitrogens with one attached hydrogen (secondary N) is 1. The number of carbonyl (C=O) groups excluding carboxylic acids is 1. The van der Waals surface area contributed by atoms with Crippen molar-refractivity contribution in [3.8, 4) is 0 Å². The van der Waals surface area contributed by atoms with Crippen molar-refractivity contribution >= 4 is 40.1 Å². The van der Waals surface area contributed by atoms with Gasteiger partial charge in [-0.1, -0.05) is 11.6 Å². The Labute approximate surface area is 111 Å². The van der Waals surface area contributed by atoms with Crippen LogP contribution in [0.3, 0.4) is 0 Å². The zero-order valence-electron chi connectivity index (χ0n) is 8.43. The number of hydrogen-bond donors (Lipinski definition) is 2. The SMILES string of the molecule is C[C@H](CO)NC(=O)c1cc(I)c(F)cc1Cl. The fraction of sp³-hybridized carbons (Fsp3) is 0.300. The Morgan fingerprint density at radius 3 is 2.88 bits per heavy atom. The molecule has 0 aliphatic rings. The summed E-state index contributed by atoms with van der Waals surface area (Å²) in [5, 5.41) is 11.4. The van der Waals surface area contributed by atoms with Gasteiger partial charge in [-0.2, -0.15) is 0 Å². The van der Waals surface area contributed by atoms with Crippen molar-refractivity contribution < 1.29 is 14.3 Å². The maximum Gasteiger partial charge on any atom is 0.253 e. The molecule has 0 aliphatic heterocycles. The Morgan fingerprint density at radius 1 is 1.69 bits per heavy atom. The van der Waals surface area contributed by atoms with Crippen molar-refractivity contribution in [2.45, 2.75) is 13.0 Å². The van der Waals surface area contributed by atoms with E-state index < -0.39 is 11.7 Å². The number of benzene rings is 1. The average Bonchev–Trinajstić information content (AvgIpc) is 2.23. The zero-order valence-corrected chi connectivity index (χ0v) is 11.3. The highest BCUT2D eigenvalue weighted by molar-refractivity contribution is 14.1. The van der Waals surface area contributed by atoms with Crippen LogP contribution >= 0.6 is 34.2 Å². The molecule has 1 rings (SSSR count). The molecule has 0 radical (unpaired) electrons. The monoisotopic (exact) mass is 357 g/mol. The highest BCUT2D eigenvalue weighted by atomic mass is 127. The molecule has 0 aromatic heterocycles. The topological polar surface area (TPSA) is 49.3 Å². The van der Waals surface area contributed by atoms with E-state index in [1.54, 1.807) is 29.5 Å². The maximum atomic E-state index is 13.1. The second-order valence-corrected chi connectivity index (χ2v) is 4.87. The molecular formula is C10H10ClFINO2. The number of halogens is 3. The molecule has 0 spiro atoms. The van der Waals surface area contributed by atoms with Crippen LogP contribution in [0.4, 0.5) is 4.39 Å². The van der Waals surface area contributed by atoms with Crippen molar-refractivity contribution in [2.24, 2.45) is 0 Å². The fourth-order valence-corrected chi connectivity index (χ4v) is 1.75. The lowest BCUT2D eigenvalue weighted by atomic mass is 10.2. The summed E-state index contributed by atoms with van der Waals surface area (Å²) >= 11 is 7.54. The van der Waals surface area contributed by atoms with Crippen LogP contribution in [0.2, 0.25) is 5.02 Å². The van der Waals surface area contributed by atoms with Crippen molar-refractivity contribution in [2.75, 3.05) is 6.61 Å². The first-order valence-electron chi connectivity index (χ1n) is 4.52. The second-order valence-electron chi connectivity index (χ2n) is 3.30. The van der Waals surface area contributed by atoms with Crippen molar-refractivity contribution in [3.63, 3.8) is 0 Å². The molecule has 3 nitrogen and oxygen atoms in total. The summed E-state index contributed by atoms with van der Waals surface area (Å²) in [5.74, 6) is -0.887. The Bertz CT molecular complexity index is 414. The third-order valence-electron chi connectivity index (χ3n) is 1.91. The average molecular weight is 358 g/mol. The molecule has 16 heavy (non-hydrogen) atoms. The first-order valence-corrected chi connectivity index (χ1v) is 5.97. The molecule has 1 amide bonds. The first-order chi connectivity index (χ1) is 7.45. The molecule has 0 fully saturated rings. The van der Waals surface area contributed by atoms with E-state index in [1.807, 2.05) is 0 Å². The molecule has 1 aromatic carbocycles. The Hall–Kier alpha value is -0.400. The minimum absolute atomic E-state index is 0.0561. The third-order valence-corrected chi connectivity index (χ3v) is 3.05. The van der Waals surface area contributed by atoms with Gasteiger partial charge in [0.2, 0.25) is 0 Å². The predicted octanol–water partition coefficient (Wildman–Crippen LogP) is 2.19. The predicted molar refractivity (Wildman–Crippen MR) is 68.1 cm³/mol. The molecule has 0 saturated carbocycles. The van der Waals surface area contributed by atoms with Crippen molar-refractivity contribution in [1.29, 1.82) is 0 Å². The molecule has 88 valence electrons. The highest BCUT2D eigenvalue weighted by Crippen LogP contribution is 2.22. The van der Waals surface area contributed by atoms with Gasteiger partial charge in [-0.3, -0.25) is 4.79 Å². The molecular weight excluding hydrogens is 347 g/mol. The van der Waals surface area contributed by atoms with Gasteiger partial charge in [0.25, 0.3) is 5.91 Å². The summed E-state index contributed by atoms with van der Waals surface area (Å²) in [6.07, 6.45) is 0. The lowest BCUT2D eigenvalue weighted by molar-refractivity contribution is 0.0922. The van der Waals surface area contributed by atoms with Gasteiger partial charge in [-0.15, -0.1) is 0 Å². The van der Waals surface area contributed by atoms with Crippen molar-refractivity contribution in [1.82, 2.24) is 5.32 Å². The van der Waals surface area contributed by atoms with Gasteiger partial charge in [0.1, 0.15) is 5.82 Å². The smallest absolute Gasteiger partial charge is 0.253 e. The Balaban J connectivity index is 2.96. The number of rotatable bonds is 3. The van der Waals surface area contributed by atoms with Crippen LogP contribution < -0.4 is 5.32 Å². The summed E-state index contributed by atoms with van der Waals surface area (Å²) in [7, 11) is 0. The van der Waals surface area contributed by atoms with E-state index in [4.69, 9.17) is 16.7 Å². The van der Waals surface area contributed by atoms with Gasteiger partial charge in [-0.05, 0) is 41.6 Å². The minimum atomic E-state index is -0.461. The molecule has 1 atom stereocenters.